The van der Waals surface area contributed by atoms with Gasteiger partial charge in [0.2, 0.25) is 0 Å². The minimum Gasteiger partial charge on any atom is -0.467 e. The summed E-state index contributed by atoms with van der Waals surface area (Å²) in [6.45, 7) is 4.99. The third-order valence-corrected chi connectivity index (χ3v) is 6.37. The predicted octanol–water partition coefficient (Wildman–Crippen LogP) is 5.17. The Morgan fingerprint density at radius 2 is 1.62 bits per heavy atom. The van der Waals surface area contributed by atoms with Crippen LogP contribution in [0.25, 0.3) is 11.1 Å². The van der Waals surface area contributed by atoms with Crippen LogP contribution in [-0.4, -0.2) is 33.2 Å². The number of benzene rings is 3. The summed E-state index contributed by atoms with van der Waals surface area (Å²) in [7, 11) is -2.92. The average molecular weight is 533 g/mol. The number of alkyl carbamates (subject to hydrolysis) is 1. The van der Waals surface area contributed by atoms with E-state index in [1.807, 2.05) is 0 Å². The van der Waals surface area contributed by atoms with Gasteiger partial charge in [-0.3, -0.25) is 4.72 Å². The van der Waals surface area contributed by atoms with Gasteiger partial charge < -0.3 is 14.8 Å². The number of methoxy groups -OCH3 is 1. The number of ether oxygens (including phenoxy) is 2. The Kier molecular flexibility index (Phi) is 8.17. The lowest BCUT2D eigenvalue weighted by molar-refractivity contribution is -0.143. The Balaban J connectivity index is 1.83. The highest BCUT2D eigenvalue weighted by atomic mass is 32.2. The van der Waals surface area contributed by atoms with Gasteiger partial charge >= 0.3 is 12.1 Å². The molecule has 0 aliphatic carbocycles. The maximum Gasteiger partial charge on any atom is 0.408 e. The first-order valence-corrected chi connectivity index (χ1v) is 12.5. The van der Waals surface area contributed by atoms with Gasteiger partial charge in [0.05, 0.1) is 12.0 Å². The molecule has 0 saturated heterocycles. The fraction of sp³-hybridized carbons (Fsp3) is 0.231. The Hall–Kier alpha value is -3.99. The zero-order valence-corrected chi connectivity index (χ0v) is 21.4. The van der Waals surface area contributed by atoms with Crippen LogP contribution in [0.15, 0.2) is 71.6 Å². The summed E-state index contributed by atoms with van der Waals surface area (Å²) < 4.78 is 65.5. The van der Waals surface area contributed by atoms with Gasteiger partial charge in [0.1, 0.15) is 17.2 Å². The zero-order chi connectivity index (χ0) is 27.4. The maximum atomic E-state index is 14.1. The molecule has 1 atom stereocenters. The number of halogens is 2. The second-order valence-corrected chi connectivity index (χ2v) is 10.7. The third kappa shape index (κ3) is 7.26. The van der Waals surface area contributed by atoms with Crippen LogP contribution in [0.3, 0.4) is 0 Å². The van der Waals surface area contributed by atoms with Crippen molar-refractivity contribution in [2.45, 2.75) is 37.3 Å². The Morgan fingerprint density at radius 1 is 0.946 bits per heavy atom. The topological polar surface area (TPSA) is 111 Å². The Morgan fingerprint density at radius 3 is 2.22 bits per heavy atom. The van der Waals surface area contributed by atoms with Crippen LogP contribution in [0.4, 0.5) is 19.3 Å². The molecule has 0 heterocycles. The van der Waals surface area contributed by atoms with Crippen molar-refractivity contribution in [1.29, 1.82) is 0 Å². The number of sulfonamides is 1. The van der Waals surface area contributed by atoms with E-state index in [9.17, 15) is 26.8 Å². The molecule has 3 aromatic carbocycles. The lowest BCUT2D eigenvalue weighted by Crippen LogP contribution is -2.38. The van der Waals surface area contributed by atoms with Crippen molar-refractivity contribution in [3.63, 3.8) is 0 Å². The first-order valence-electron chi connectivity index (χ1n) is 11.0. The maximum absolute atomic E-state index is 14.1. The summed E-state index contributed by atoms with van der Waals surface area (Å²) in [6.07, 6.45) is -0.855. The largest absolute Gasteiger partial charge is 0.467 e. The van der Waals surface area contributed by atoms with Gasteiger partial charge in [0.15, 0.2) is 6.04 Å². The van der Waals surface area contributed by atoms with Gasteiger partial charge in [0.25, 0.3) is 10.0 Å². The van der Waals surface area contributed by atoms with Crippen molar-refractivity contribution in [1.82, 2.24) is 5.32 Å². The van der Waals surface area contributed by atoms with Crippen LogP contribution in [0.5, 0.6) is 0 Å². The summed E-state index contributed by atoms with van der Waals surface area (Å²) in [5.74, 6) is -2.28. The van der Waals surface area contributed by atoms with E-state index in [-0.39, 0.29) is 21.7 Å². The predicted molar refractivity (Wildman–Crippen MR) is 133 cm³/mol. The number of nitrogens with one attached hydrogen (secondary N) is 2. The molecule has 0 aliphatic heterocycles. The normalized spacial score (nSPS) is 12.4. The number of amides is 1. The molecule has 3 aromatic rings. The molecule has 8 nitrogen and oxygen atoms in total. The third-order valence-electron chi connectivity index (χ3n) is 4.98. The number of anilines is 1. The minimum atomic E-state index is -4.08. The summed E-state index contributed by atoms with van der Waals surface area (Å²) >= 11 is 0. The van der Waals surface area contributed by atoms with Crippen LogP contribution in [0, 0.1) is 11.6 Å². The van der Waals surface area contributed by atoms with Crippen LogP contribution >= 0.6 is 0 Å². The first kappa shape index (κ1) is 27.6. The van der Waals surface area contributed by atoms with E-state index in [2.05, 4.69) is 10.0 Å². The zero-order valence-electron chi connectivity index (χ0n) is 20.5. The molecule has 0 fully saturated rings. The molecule has 0 bridgehead atoms. The second-order valence-electron chi connectivity index (χ2n) is 8.98. The molecule has 37 heavy (non-hydrogen) atoms. The van der Waals surface area contributed by atoms with Gasteiger partial charge in [-0.1, -0.05) is 24.3 Å². The molecule has 0 saturated carbocycles. The van der Waals surface area contributed by atoms with E-state index in [4.69, 9.17) is 9.47 Å². The van der Waals surface area contributed by atoms with Crippen molar-refractivity contribution in [3.05, 3.63) is 83.9 Å². The molecule has 196 valence electrons. The molecule has 2 N–H and O–H groups in total. The molecular formula is C26H26F2N2O6S. The fourth-order valence-corrected chi connectivity index (χ4v) is 4.40. The highest BCUT2D eigenvalue weighted by molar-refractivity contribution is 7.92. The van der Waals surface area contributed by atoms with E-state index in [1.165, 1.54) is 54.6 Å². The quantitative estimate of drug-likeness (QED) is 0.406. The first-order chi connectivity index (χ1) is 17.3. The average Bonchev–Trinajstić information content (AvgIpc) is 2.81. The van der Waals surface area contributed by atoms with Crippen molar-refractivity contribution in [2.75, 3.05) is 11.8 Å². The van der Waals surface area contributed by atoms with Gasteiger partial charge in [-0.15, -0.1) is 0 Å². The van der Waals surface area contributed by atoms with Gasteiger partial charge in [-0.2, -0.15) is 0 Å². The van der Waals surface area contributed by atoms with Gasteiger partial charge in [-0.05, 0) is 68.3 Å². The van der Waals surface area contributed by atoms with Crippen LogP contribution in [0.1, 0.15) is 32.4 Å². The molecule has 0 aliphatic rings. The molecule has 3 rings (SSSR count). The molecule has 1 amide bonds. The highest BCUT2D eigenvalue weighted by Crippen LogP contribution is 2.26. The standard InChI is InChI=1S/C26H26F2N2O6S/c1-26(2,3)36-25(32)29-23(24(31)35-4)17-6-5-7-19(14-17)30-37(33,34)20-11-8-16(9-12-20)21-13-10-18(27)15-22(21)28/h5-15,23,30H,1-4H3,(H,29,32)/t23-/m0/s1. The monoisotopic (exact) mass is 532 g/mol. The van der Waals surface area contributed by atoms with E-state index >= 15 is 0 Å². The van der Waals surface area contributed by atoms with Crippen LogP contribution in [-0.2, 0) is 24.3 Å². The number of hydrogen-bond acceptors (Lipinski definition) is 6. The smallest absolute Gasteiger partial charge is 0.408 e. The molecule has 0 spiro atoms. The van der Waals surface area contributed by atoms with Crippen LogP contribution in [0.2, 0.25) is 0 Å². The van der Waals surface area contributed by atoms with Crippen molar-refractivity contribution < 1.29 is 36.3 Å². The summed E-state index contributed by atoms with van der Waals surface area (Å²) in [4.78, 5) is 24.5. The Bertz CT molecular complexity index is 1400. The number of hydrogen-bond donors (Lipinski definition) is 2. The molecule has 0 aromatic heterocycles. The fourth-order valence-electron chi connectivity index (χ4n) is 3.35. The number of esters is 1. The molecule has 0 radical (unpaired) electrons. The summed E-state index contributed by atoms with van der Waals surface area (Å²) in [5.41, 5.74) is 0.0521. The second kappa shape index (κ2) is 11.0. The molecule has 0 unspecified atom stereocenters. The molecule has 11 heteroatoms. The van der Waals surface area contributed by atoms with Crippen molar-refractivity contribution in [2.24, 2.45) is 0 Å². The highest BCUT2D eigenvalue weighted by Gasteiger charge is 2.27. The van der Waals surface area contributed by atoms with Crippen molar-refractivity contribution in [3.8, 4) is 11.1 Å². The van der Waals surface area contributed by atoms with Crippen LogP contribution < -0.4 is 10.0 Å². The minimum absolute atomic E-state index is 0.111. The Labute approximate surface area is 213 Å². The lowest BCUT2D eigenvalue weighted by atomic mass is 10.1. The van der Waals surface area contributed by atoms with Gasteiger partial charge in [0, 0.05) is 17.3 Å². The van der Waals surface area contributed by atoms with Crippen molar-refractivity contribution >= 4 is 27.8 Å². The summed E-state index contributed by atoms with van der Waals surface area (Å²) in [6, 6.07) is 13.1. The lowest BCUT2D eigenvalue weighted by Gasteiger charge is -2.23. The van der Waals surface area contributed by atoms with Gasteiger partial charge in [-0.25, -0.2) is 26.8 Å². The molecular weight excluding hydrogens is 506 g/mol. The van der Waals surface area contributed by atoms with E-state index in [0.29, 0.717) is 5.56 Å². The summed E-state index contributed by atoms with van der Waals surface area (Å²) in [5, 5.41) is 2.43. The van der Waals surface area contributed by atoms with E-state index < -0.39 is 45.4 Å². The SMILES string of the molecule is COC(=O)[C@@H](NC(=O)OC(C)(C)C)c1cccc(NS(=O)(=O)c2ccc(-c3ccc(F)cc3F)cc2)c1. The van der Waals surface area contributed by atoms with E-state index in [1.54, 1.807) is 20.8 Å². The number of rotatable bonds is 7. The van der Waals surface area contributed by atoms with E-state index in [0.717, 1.165) is 19.2 Å². The number of carbonyl (C=O) groups is 2. The number of carbonyl (C=O) groups excluding carboxylic acids is 2.